The second-order valence-electron chi connectivity index (χ2n) is 4.07. The van der Waals surface area contributed by atoms with Gasteiger partial charge in [-0.25, -0.2) is 9.97 Å². The average Bonchev–Trinajstić information content (AvgIpc) is 2.44. The van der Waals surface area contributed by atoms with E-state index in [-0.39, 0.29) is 5.82 Å². The van der Waals surface area contributed by atoms with Gasteiger partial charge in [0.1, 0.15) is 12.0 Å². The van der Waals surface area contributed by atoms with Gasteiger partial charge in [-0.1, -0.05) is 17.7 Å². The fourth-order valence-corrected chi connectivity index (χ4v) is 1.83. The molecule has 0 aliphatic carbocycles. The van der Waals surface area contributed by atoms with Gasteiger partial charge < -0.3 is 0 Å². The van der Waals surface area contributed by atoms with Crippen molar-refractivity contribution in [3.63, 3.8) is 0 Å². The Kier molecular flexibility index (Phi) is 4.37. The van der Waals surface area contributed by atoms with Crippen LogP contribution < -0.4 is 0 Å². The predicted octanol–water partition coefficient (Wildman–Crippen LogP) is 4.13. The van der Waals surface area contributed by atoms with Crippen LogP contribution in [0.1, 0.15) is 27.4 Å². The fraction of sp³-hybridized carbons (Fsp3) is 0.0714. The summed E-state index contributed by atoms with van der Waals surface area (Å²) < 4.78 is 37.5. The number of alkyl halides is 3. The third-order valence-corrected chi connectivity index (χ3v) is 2.69. The number of halogens is 4. The first kappa shape index (κ1) is 15.2. The highest BCUT2D eigenvalue weighted by atomic mass is 35.5. The van der Waals surface area contributed by atoms with Gasteiger partial charge in [-0.2, -0.15) is 13.2 Å². The van der Waals surface area contributed by atoms with Crippen molar-refractivity contribution >= 4 is 30.0 Å². The number of carbonyl (C=O) groups is 1. The molecule has 108 valence electrons. The van der Waals surface area contributed by atoms with E-state index in [0.29, 0.717) is 22.4 Å². The summed E-state index contributed by atoms with van der Waals surface area (Å²) in [5.74, 6) is -0.0857. The van der Waals surface area contributed by atoms with Crippen LogP contribution in [-0.4, -0.2) is 16.3 Å². The molecule has 0 spiro atoms. The number of nitrogens with zero attached hydrogens (tertiary/aromatic N) is 2. The lowest BCUT2D eigenvalue weighted by atomic mass is 10.1. The number of hydrogen-bond acceptors (Lipinski definition) is 3. The molecule has 0 bridgehead atoms. The van der Waals surface area contributed by atoms with Gasteiger partial charge in [0.25, 0.3) is 0 Å². The van der Waals surface area contributed by atoms with Crippen LogP contribution in [0.4, 0.5) is 13.2 Å². The summed E-state index contributed by atoms with van der Waals surface area (Å²) in [6, 6.07) is 5.38. The lowest BCUT2D eigenvalue weighted by Gasteiger charge is -2.04. The second-order valence-corrected chi connectivity index (χ2v) is 4.50. The van der Waals surface area contributed by atoms with E-state index in [1.165, 1.54) is 18.2 Å². The molecule has 0 unspecified atom stereocenters. The Labute approximate surface area is 123 Å². The summed E-state index contributed by atoms with van der Waals surface area (Å²) in [7, 11) is 0. The van der Waals surface area contributed by atoms with Crippen molar-refractivity contribution < 1.29 is 18.0 Å². The summed E-state index contributed by atoms with van der Waals surface area (Å²) >= 11 is 5.82. The van der Waals surface area contributed by atoms with E-state index in [2.05, 4.69) is 9.97 Å². The molecule has 0 aliphatic rings. The minimum absolute atomic E-state index is 0.0857. The van der Waals surface area contributed by atoms with E-state index in [4.69, 9.17) is 11.6 Å². The van der Waals surface area contributed by atoms with Crippen LogP contribution in [0.3, 0.4) is 0 Å². The first-order valence-corrected chi connectivity index (χ1v) is 6.10. The van der Waals surface area contributed by atoms with E-state index in [9.17, 15) is 18.0 Å². The van der Waals surface area contributed by atoms with Gasteiger partial charge in [0.05, 0.1) is 0 Å². The molecule has 0 fully saturated rings. The molecule has 21 heavy (non-hydrogen) atoms. The van der Waals surface area contributed by atoms with Gasteiger partial charge in [0.15, 0.2) is 5.82 Å². The third kappa shape index (κ3) is 4.13. The minimum Gasteiger partial charge on any atom is -0.298 e. The molecule has 0 saturated carbocycles. The van der Waals surface area contributed by atoms with Crippen molar-refractivity contribution in [2.45, 2.75) is 6.18 Å². The molecule has 2 rings (SSSR count). The molecule has 1 aromatic carbocycles. The zero-order valence-corrected chi connectivity index (χ0v) is 11.2. The topological polar surface area (TPSA) is 42.9 Å². The number of benzene rings is 1. The maximum Gasteiger partial charge on any atom is 0.433 e. The second kappa shape index (κ2) is 6.05. The van der Waals surface area contributed by atoms with Gasteiger partial charge in [-0.05, 0) is 35.9 Å². The van der Waals surface area contributed by atoms with Crippen molar-refractivity contribution in [2.75, 3.05) is 0 Å². The van der Waals surface area contributed by atoms with Gasteiger partial charge in [-0.3, -0.25) is 4.79 Å². The Morgan fingerprint density at radius 2 is 1.81 bits per heavy atom. The van der Waals surface area contributed by atoms with Gasteiger partial charge in [0, 0.05) is 16.8 Å². The van der Waals surface area contributed by atoms with E-state index >= 15 is 0 Å². The molecule has 7 heteroatoms. The normalized spacial score (nSPS) is 11.8. The molecule has 0 amide bonds. The molecule has 0 N–H and O–H groups in total. The highest BCUT2D eigenvalue weighted by Crippen LogP contribution is 2.27. The van der Waals surface area contributed by atoms with Crippen molar-refractivity contribution in [2.24, 2.45) is 0 Å². The van der Waals surface area contributed by atoms with Crippen LogP contribution in [0.15, 0.2) is 30.5 Å². The molecular formula is C14H8ClF3N2O. The molecule has 0 radical (unpaired) electrons. The van der Waals surface area contributed by atoms with Crippen LogP contribution in [-0.2, 0) is 6.18 Å². The molecule has 0 saturated heterocycles. The summed E-state index contributed by atoms with van der Waals surface area (Å²) in [4.78, 5) is 17.8. The number of carbonyl (C=O) groups excluding carboxylic acids is 1. The van der Waals surface area contributed by atoms with Crippen molar-refractivity contribution in [3.8, 4) is 0 Å². The lowest BCUT2D eigenvalue weighted by molar-refractivity contribution is -0.141. The summed E-state index contributed by atoms with van der Waals surface area (Å²) in [6.45, 7) is 0. The quantitative estimate of drug-likeness (QED) is 0.800. The Bertz CT molecular complexity index is 699. The maximum absolute atomic E-state index is 12.5. The highest BCUT2D eigenvalue weighted by Gasteiger charge is 2.32. The fourth-order valence-electron chi connectivity index (χ4n) is 1.58. The molecule has 1 aromatic heterocycles. The zero-order chi connectivity index (χ0) is 15.5. The van der Waals surface area contributed by atoms with Crippen molar-refractivity contribution in [1.82, 2.24) is 9.97 Å². The molecule has 3 nitrogen and oxygen atoms in total. The average molecular weight is 313 g/mol. The van der Waals surface area contributed by atoms with E-state index < -0.39 is 11.9 Å². The number of aromatic nitrogens is 2. The lowest BCUT2D eigenvalue weighted by Crippen LogP contribution is -2.08. The number of rotatable bonds is 3. The van der Waals surface area contributed by atoms with Crippen molar-refractivity contribution in [1.29, 1.82) is 0 Å². The standard InChI is InChI=1S/C14H8ClF3N2O/c15-11-6-9(5-10(7-11)8-21)1-2-13-19-4-3-12(20-13)14(16,17)18/h1-8H/b2-1+. The molecule has 0 aliphatic heterocycles. The molecular weight excluding hydrogens is 305 g/mol. The van der Waals surface area contributed by atoms with E-state index in [0.717, 1.165) is 12.3 Å². The zero-order valence-electron chi connectivity index (χ0n) is 10.4. The van der Waals surface area contributed by atoms with Crippen LogP contribution in [0.2, 0.25) is 5.02 Å². The number of aldehydes is 1. The SMILES string of the molecule is O=Cc1cc(Cl)cc(/C=C/c2nccc(C(F)(F)F)n2)c1. The summed E-state index contributed by atoms with van der Waals surface area (Å²) in [5, 5.41) is 0.351. The van der Waals surface area contributed by atoms with Crippen LogP contribution in [0.5, 0.6) is 0 Å². The van der Waals surface area contributed by atoms with Crippen molar-refractivity contribution in [3.05, 3.63) is 58.1 Å². The van der Waals surface area contributed by atoms with E-state index in [1.807, 2.05) is 0 Å². The van der Waals surface area contributed by atoms with Gasteiger partial charge >= 0.3 is 6.18 Å². The Balaban J connectivity index is 2.29. The smallest absolute Gasteiger partial charge is 0.298 e. The van der Waals surface area contributed by atoms with Crippen LogP contribution in [0.25, 0.3) is 12.2 Å². The largest absolute Gasteiger partial charge is 0.433 e. The number of hydrogen-bond donors (Lipinski definition) is 0. The first-order chi connectivity index (χ1) is 9.88. The minimum atomic E-state index is -4.52. The Hall–Kier alpha value is -2.21. The summed E-state index contributed by atoms with van der Waals surface area (Å²) in [6.07, 6.45) is -0.0650. The highest BCUT2D eigenvalue weighted by molar-refractivity contribution is 6.31. The Morgan fingerprint density at radius 3 is 2.48 bits per heavy atom. The van der Waals surface area contributed by atoms with Gasteiger partial charge in [0.2, 0.25) is 0 Å². The van der Waals surface area contributed by atoms with Crippen LogP contribution >= 0.6 is 11.6 Å². The van der Waals surface area contributed by atoms with E-state index in [1.54, 1.807) is 12.1 Å². The van der Waals surface area contributed by atoms with Crippen LogP contribution in [0, 0.1) is 0 Å². The molecule has 2 aromatic rings. The van der Waals surface area contributed by atoms with Gasteiger partial charge in [-0.15, -0.1) is 0 Å². The molecule has 1 heterocycles. The third-order valence-electron chi connectivity index (χ3n) is 2.47. The maximum atomic E-state index is 12.5. The Morgan fingerprint density at radius 1 is 1.10 bits per heavy atom. The predicted molar refractivity (Wildman–Crippen MR) is 72.8 cm³/mol. The monoisotopic (exact) mass is 312 g/mol. The first-order valence-electron chi connectivity index (χ1n) is 5.72. The summed E-state index contributed by atoms with van der Waals surface area (Å²) in [5.41, 5.74) is -0.0884. The molecule has 0 atom stereocenters.